The molecule has 0 aliphatic carbocycles. The number of carboxylic acid groups (broad SMARTS) is 2. The normalized spacial score (nSPS) is 10.7. The van der Waals surface area contributed by atoms with Crippen molar-refractivity contribution in [3.8, 4) is 11.5 Å². The van der Waals surface area contributed by atoms with Crippen LogP contribution >= 0.6 is 0 Å². The van der Waals surface area contributed by atoms with Crippen LogP contribution in [0, 0.1) is 0 Å². The van der Waals surface area contributed by atoms with Gasteiger partial charge in [-0.3, -0.25) is 0 Å². The second-order valence-corrected chi connectivity index (χ2v) is 5.17. The molecule has 0 heterocycles. The van der Waals surface area contributed by atoms with Crippen molar-refractivity contribution in [1.82, 2.24) is 0 Å². The summed E-state index contributed by atoms with van der Waals surface area (Å²) in [6.45, 7) is 0. The van der Waals surface area contributed by atoms with Gasteiger partial charge in [-0.05, 0) is 23.3 Å². The van der Waals surface area contributed by atoms with Gasteiger partial charge in [0.2, 0.25) is 11.5 Å². The first-order valence-electron chi connectivity index (χ1n) is 7.79. The second-order valence-electron chi connectivity index (χ2n) is 5.17. The topological polar surface area (TPSA) is 139 Å². The summed E-state index contributed by atoms with van der Waals surface area (Å²) < 4.78 is 9.26. The molecule has 0 amide bonds. The average Bonchev–Trinajstić information content (AvgIpc) is 2.67. The number of methoxy groups -OCH3 is 2. The molecule has 0 radical (unpaired) electrons. The Balaban J connectivity index is 0.000000523. The molecule has 2 N–H and O–H groups in total. The van der Waals surface area contributed by atoms with E-state index in [4.69, 9.17) is 10.2 Å². The minimum atomic E-state index is -1.14. The fraction of sp³-hybridized carbons (Fsp3) is 0.100. The van der Waals surface area contributed by atoms with E-state index >= 15 is 0 Å². The summed E-state index contributed by atoms with van der Waals surface area (Å²) in [4.78, 5) is 21.1. The maximum atomic E-state index is 10.7. The largest absolute Gasteiger partial charge is 2.00 e. The third-order valence-corrected chi connectivity index (χ3v) is 3.22. The number of benzene rings is 2. The van der Waals surface area contributed by atoms with Crippen molar-refractivity contribution in [2.24, 2.45) is 0 Å². The van der Waals surface area contributed by atoms with Crippen molar-refractivity contribution < 1.29 is 39.5 Å². The molecule has 2 aromatic carbocycles. The smallest absolute Gasteiger partial charge is 0.872 e. The predicted octanol–water partition coefficient (Wildman–Crippen LogP) is 1.28. The molecule has 8 nitrogen and oxygen atoms in total. The summed E-state index contributed by atoms with van der Waals surface area (Å²) in [7, 11) is 2.56. The average molecular weight is 524 g/mol. The van der Waals surface area contributed by atoms with Crippen LogP contribution in [0.1, 0.15) is 11.1 Å². The third kappa shape index (κ3) is 10.1. The zero-order valence-corrected chi connectivity index (χ0v) is 20.3. The van der Waals surface area contributed by atoms with Crippen molar-refractivity contribution in [2.75, 3.05) is 14.2 Å². The predicted molar refractivity (Wildman–Crippen MR) is 103 cm³/mol. The molecule has 0 aliphatic heterocycles. The molecule has 0 bridgehead atoms. The van der Waals surface area contributed by atoms with Crippen LogP contribution < -0.4 is 10.2 Å². The standard InChI is InChI=1S/2C10H10O4.Ba/c2*1-14-9(10(12)13)6-7-2-4-8(11)5-3-7;/h2*2-6,11H,1H3,(H,12,13);/q;;+2/p-2. The van der Waals surface area contributed by atoms with Crippen molar-refractivity contribution in [3.63, 3.8) is 0 Å². The summed E-state index contributed by atoms with van der Waals surface area (Å²) in [6.07, 6.45) is 2.70. The van der Waals surface area contributed by atoms with Gasteiger partial charge in [-0.15, -0.1) is 11.5 Å². The Morgan fingerprint density at radius 2 is 1.00 bits per heavy atom. The zero-order valence-electron chi connectivity index (χ0n) is 15.8. The number of carbonyl (C=O) groups is 2. The summed E-state index contributed by atoms with van der Waals surface area (Å²) in [5, 5.41) is 38.8. The minimum absolute atomic E-state index is 0. The van der Waals surface area contributed by atoms with Crippen LogP contribution in [0.2, 0.25) is 0 Å². The molecular weight excluding hydrogens is 506 g/mol. The molecular formula is C20H18BaO8. The molecule has 9 heteroatoms. The van der Waals surface area contributed by atoms with Gasteiger partial charge in [-0.1, -0.05) is 48.5 Å². The van der Waals surface area contributed by atoms with Crippen molar-refractivity contribution in [3.05, 3.63) is 71.2 Å². The van der Waals surface area contributed by atoms with Gasteiger partial charge in [0, 0.05) is 0 Å². The first-order chi connectivity index (χ1) is 13.3. The molecule has 148 valence electrons. The van der Waals surface area contributed by atoms with E-state index in [1.54, 1.807) is 0 Å². The van der Waals surface area contributed by atoms with Gasteiger partial charge in [-0.25, -0.2) is 9.59 Å². The number of carboxylic acids is 2. The molecule has 2 rings (SSSR count). The summed E-state index contributed by atoms with van der Waals surface area (Å²) in [5.41, 5.74) is 1.23. The first kappa shape index (κ1) is 26.6. The Bertz CT molecular complexity index is 782. The van der Waals surface area contributed by atoms with Gasteiger partial charge in [-0.2, -0.15) is 0 Å². The van der Waals surface area contributed by atoms with E-state index < -0.39 is 11.9 Å². The summed E-state index contributed by atoms with van der Waals surface area (Å²) in [6, 6.07) is 11.6. The van der Waals surface area contributed by atoms with Crippen LogP contribution in [-0.4, -0.2) is 85.3 Å². The molecule has 0 spiro atoms. The SMILES string of the molecule is COC(=Cc1ccc([O-])cc1)C(=O)O.COC(=Cc1ccc([O-])cc1)C(=O)O.[Ba+2]. The molecule has 0 aliphatic rings. The molecule has 0 saturated heterocycles. The second kappa shape index (κ2) is 13.7. The van der Waals surface area contributed by atoms with Gasteiger partial charge in [0.1, 0.15) is 0 Å². The Hall–Kier alpha value is -2.37. The van der Waals surface area contributed by atoms with E-state index in [2.05, 4.69) is 9.47 Å². The fourth-order valence-electron chi connectivity index (χ4n) is 1.85. The molecule has 0 aromatic heterocycles. The van der Waals surface area contributed by atoms with E-state index in [-0.39, 0.29) is 71.9 Å². The number of hydrogen-bond acceptors (Lipinski definition) is 6. The number of hydrogen-bond donors (Lipinski definition) is 2. The van der Waals surface area contributed by atoms with Gasteiger partial charge in [0.15, 0.2) is 0 Å². The van der Waals surface area contributed by atoms with Crippen molar-refractivity contribution >= 4 is 73.0 Å². The molecule has 29 heavy (non-hydrogen) atoms. The summed E-state index contributed by atoms with van der Waals surface area (Å²) >= 11 is 0. The third-order valence-electron chi connectivity index (χ3n) is 3.22. The van der Waals surface area contributed by atoms with Gasteiger partial charge < -0.3 is 29.9 Å². The Morgan fingerprint density at radius 3 is 1.21 bits per heavy atom. The molecule has 0 unspecified atom stereocenters. The van der Waals surface area contributed by atoms with Crippen LogP contribution in [-0.2, 0) is 19.1 Å². The van der Waals surface area contributed by atoms with E-state index in [0.29, 0.717) is 11.1 Å². The van der Waals surface area contributed by atoms with E-state index in [1.165, 1.54) is 74.9 Å². The minimum Gasteiger partial charge on any atom is -0.872 e. The van der Waals surface area contributed by atoms with E-state index in [9.17, 15) is 19.8 Å². The Labute approximate surface area is 207 Å². The van der Waals surface area contributed by atoms with E-state index in [0.717, 1.165) is 0 Å². The van der Waals surface area contributed by atoms with Gasteiger partial charge >= 0.3 is 60.8 Å². The van der Waals surface area contributed by atoms with E-state index in [1.807, 2.05) is 0 Å². The molecule has 0 saturated carbocycles. The van der Waals surface area contributed by atoms with Crippen LogP contribution in [0.25, 0.3) is 12.2 Å². The monoisotopic (exact) mass is 524 g/mol. The van der Waals surface area contributed by atoms with Gasteiger partial charge in [0.25, 0.3) is 0 Å². The Kier molecular flexibility index (Phi) is 12.6. The fourth-order valence-corrected chi connectivity index (χ4v) is 1.85. The molecule has 0 atom stereocenters. The zero-order chi connectivity index (χ0) is 21.1. The van der Waals surface area contributed by atoms with Crippen LogP contribution in [0.15, 0.2) is 60.0 Å². The first-order valence-corrected chi connectivity index (χ1v) is 7.79. The molecule has 2 aromatic rings. The van der Waals surface area contributed by atoms with Crippen LogP contribution in [0.4, 0.5) is 0 Å². The number of aliphatic carboxylic acids is 2. The van der Waals surface area contributed by atoms with Crippen LogP contribution in [0.3, 0.4) is 0 Å². The van der Waals surface area contributed by atoms with Gasteiger partial charge in [0.05, 0.1) is 14.2 Å². The summed E-state index contributed by atoms with van der Waals surface area (Å²) in [5.74, 6) is -2.84. The number of rotatable bonds is 6. The quantitative estimate of drug-likeness (QED) is 0.328. The van der Waals surface area contributed by atoms with Crippen molar-refractivity contribution in [2.45, 2.75) is 0 Å². The number of ether oxygens (including phenoxy) is 2. The molecule has 0 fully saturated rings. The van der Waals surface area contributed by atoms with Crippen LogP contribution in [0.5, 0.6) is 11.5 Å². The maximum absolute atomic E-state index is 10.7. The Morgan fingerprint density at radius 1 is 0.724 bits per heavy atom. The van der Waals surface area contributed by atoms with Crippen molar-refractivity contribution in [1.29, 1.82) is 0 Å². The maximum Gasteiger partial charge on any atom is 2.00 e.